The monoisotopic (exact) mass is 319 g/mol. The van der Waals surface area contributed by atoms with E-state index in [1.807, 2.05) is 20.8 Å². The maximum absolute atomic E-state index is 13.0. The molecule has 2 aliphatic heterocycles. The highest BCUT2D eigenvalue weighted by molar-refractivity contribution is 7.86. The zero-order valence-corrected chi connectivity index (χ0v) is 14.4. The molecule has 4 unspecified atom stereocenters. The van der Waals surface area contributed by atoms with Gasteiger partial charge in [0.05, 0.1) is 12.2 Å². The summed E-state index contributed by atoms with van der Waals surface area (Å²) in [6.45, 7) is 10.2. The summed E-state index contributed by atoms with van der Waals surface area (Å²) in [7, 11) is -3.41. The minimum Gasteiger partial charge on any atom is -0.373 e. The summed E-state index contributed by atoms with van der Waals surface area (Å²) in [5.74, 6) is 0. The zero-order valence-electron chi connectivity index (χ0n) is 13.6. The number of morpholine rings is 1. The van der Waals surface area contributed by atoms with Gasteiger partial charge in [-0.05, 0) is 26.7 Å². The third-order valence-electron chi connectivity index (χ3n) is 4.42. The standard InChI is InChI=1S/C14H29N3O3S/c1-5-13-10-17(14(6-2)7-15-13)21(18,19)16-8-11(3)20-12(4)9-16/h11-15H,5-10H2,1-4H3. The Balaban J connectivity index is 2.19. The maximum atomic E-state index is 13.0. The van der Waals surface area contributed by atoms with Crippen LogP contribution in [0.1, 0.15) is 40.5 Å². The molecule has 2 heterocycles. The molecule has 1 N–H and O–H groups in total. The SMILES string of the molecule is CCC1CN(S(=O)(=O)N2CC(C)OC(C)C2)C(CC)CN1. The summed E-state index contributed by atoms with van der Waals surface area (Å²) in [6, 6.07) is 0.296. The summed E-state index contributed by atoms with van der Waals surface area (Å²) in [5, 5.41) is 3.44. The Bertz CT molecular complexity index is 433. The van der Waals surface area contributed by atoms with E-state index < -0.39 is 10.2 Å². The van der Waals surface area contributed by atoms with Crippen molar-refractivity contribution in [2.75, 3.05) is 26.2 Å². The number of piperazine rings is 1. The molecule has 6 nitrogen and oxygen atoms in total. The van der Waals surface area contributed by atoms with Gasteiger partial charge in [0, 0.05) is 38.3 Å². The fourth-order valence-electron chi connectivity index (χ4n) is 3.21. The molecule has 0 amide bonds. The lowest BCUT2D eigenvalue weighted by Crippen LogP contribution is -2.62. The molecule has 0 spiro atoms. The number of rotatable bonds is 4. The van der Waals surface area contributed by atoms with E-state index in [2.05, 4.69) is 12.2 Å². The van der Waals surface area contributed by atoms with Crippen LogP contribution in [0.5, 0.6) is 0 Å². The van der Waals surface area contributed by atoms with Crippen molar-refractivity contribution in [3.05, 3.63) is 0 Å². The molecule has 2 aliphatic rings. The molecule has 0 bridgehead atoms. The molecule has 0 aromatic carbocycles. The predicted molar refractivity (Wildman–Crippen MR) is 83.4 cm³/mol. The molecule has 2 saturated heterocycles. The summed E-state index contributed by atoms with van der Waals surface area (Å²) >= 11 is 0. The van der Waals surface area contributed by atoms with Gasteiger partial charge >= 0.3 is 0 Å². The van der Waals surface area contributed by atoms with Gasteiger partial charge in [0.1, 0.15) is 0 Å². The lowest BCUT2D eigenvalue weighted by atomic mass is 10.1. The Hall–Kier alpha value is -0.210. The van der Waals surface area contributed by atoms with Crippen molar-refractivity contribution in [2.24, 2.45) is 0 Å². The molecule has 0 saturated carbocycles. The highest BCUT2D eigenvalue weighted by Crippen LogP contribution is 2.22. The Kier molecular flexibility index (Phi) is 5.65. The molecule has 2 fully saturated rings. The molecule has 0 aliphatic carbocycles. The van der Waals surface area contributed by atoms with E-state index in [4.69, 9.17) is 4.74 Å². The van der Waals surface area contributed by atoms with Gasteiger partial charge in [-0.25, -0.2) is 0 Å². The van der Waals surface area contributed by atoms with Gasteiger partial charge in [0.15, 0.2) is 0 Å². The summed E-state index contributed by atoms with van der Waals surface area (Å²) < 4.78 is 35.0. The summed E-state index contributed by atoms with van der Waals surface area (Å²) in [6.07, 6.45) is 1.68. The smallest absolute Gasteiger partial charge is 0.282 e. The predicted octanol–water partition coefficient (Wildman–Crippen LogP) is 0.803. The van der Waals surface area contributed by atoms with Crippen molar-refractivity contribution >= 4 is 10.2 Å². The van der Waals surface area contributed by atoms with Gasteiger partial charge in [-0.15, -0.1) is 0 Å². The lowest BCUT2D eigenvalue weighted by Gasteiger charge is -2.43. The average molecular weight is 319 g/mol. The quantitative estimate of drug-likeness (QED) is 0.833. The van der Waals surface area contributed by atoms with Crippen molar-refractivity contribution < 1.29 is 13.2 Å². The van der Waals surface area contributed by atoms with Gasteiger partial charge in [-0.2, -0.15) is 17.0 Å². The van der Waals surface area contributed by atoms with Crippen molar-refractivity contribution in [3.8, 4) is 0 Å². The molecule has 0 aromatic heterocycles. The van der Waals surface area contributed by atoms with Crippen LogP contribution >= 0.6 is 0 Å². The van der Waals surface area contributed by atoms with Crippen LogP contribution in [-0.2, 0) is 14.9 Å². The van der Waals surface area contributed by atoms with E-state index in [1.54, 1.807) is 8.61 Å². The van der Waals surface area contributed by atoms with Gasteiger partial charge in [-0.3, -0.25) is 0 Å². The lowest BCUT2D eigenvalue weighted by molar-refractivity contribution is -0.0460. The largest absolute Gasteiger partial charge is 0.373 e. The van der Waals surface area contributed by atoms with Crippen LogP contribution in [0.25, 0.3) is 0 Å². The minimum atomic E-state index is -3.41. The normalized spacial score (nSPS) is 36.8. The first-order chi connectivity index (χ1) is 9.88. The molecule has 2 rings (SSSR count). The molecule has 4 atom stereocenters. The van der Waals surface area contributed by atoms with Gasteiger partial charge in [0.2, 0.25) is 0 Å². The van der Waals surface area contributed by atoms with Crippen LogP contribution in [0.15, 0.2) is 0 Å². The van der Waals surface area contributed by atoms with Gasteiger partial charge in [-0.1, -0.05) is 13.8 Å². The first-order valence-corrected chi connectivity index (χ1v) is 9.43. The van der Waals surface area contributed by atoms with Gasteiger partial charge < -0.3 is 10.1 Å². The summed E-state index contributed by atoms with van der Waals surface area (Å²) in [4.78, 5) is 0. The van der Waals surface area contributed by atoms with Crippen LogP contribution in [0.2, 0.25) is 0 Å². The van der Waals surface area contributed by atoms with Crippen LogP contribution in [0.4, 0.5) is 0 Å². The van der Waals surface area contributed by atoms with E-state index in [-0.39, 0.29) is 24.3 Å². The maximum Gasteiger partial charge on any atom is 0.282 e. The second-order valence-electron chi connectivity index (χ2n) is 6.23. The first kappa shape index (κ1) is 17.1. The van der Waals surface area contributed by atoms with Crippen LogP contribution in [-0.4, -0.2) is 67.5 Å². The molecule has 7 heteroatoms. The average Bonchev–Trinajstić information content (AvgIpc) is 2.45. The van der Waals surface area contributed by atoms with Crippen LogP contribution in [0, 0.1) is 0 Å². The van der Waals surface area contributed by atoms with E-state index in [0.29, 0.717) is 19.6 Å². The number of nitrogens with zero attached hydrogens (tertiary/aromatic N) is 2. The summed E-state index contributed by atoms with van der Waals surface area (Å²) in [5.41, 5.74) is 0. The molecule has 0 aromatic rings. The number of hydrogen-bond acceptors (Lipinski definition) is 4. The number of ether oxygens (including phenoxy) is 1. The van der Waals surface area contributed by atoms with Crippen molar-refractivity contribution in [1.29, 1.82) is 0 Å². The van der Waals surface area contributed by atoms with Crippen molar-refractivity contribution in [1.82, 2.24) is 13.9 Å². The van der Waals surface area contributed by atoms with Gasteiger partial charge in [0.25, 0.3) is 10.2 Å². The van der Waals surface area contributed by atoms with Crippen molar-refractivity contribution in [3.63, 3.8) is 0 Å². The third-order valence-corrected chi connectivity index (χ3v) is 6.41. The fourth-order valence-corrected chi connectivity index (χ4v) is 5.27. The highest BCUT2D eigenvalue weighted by atomic mass is 32.2. The second kappa shape index (κ2) is 6.91. The second-order valence-corrected chi connectivity index (χ2v) is 8.11. The van der Waals surface area contributed by atoms with Crippen LogP contribution < -0.4 is 5.32 Å². The van der Waals surface area contributed by atoms with Crippen molar-refractivity contribution in [2.45, 2.75) is 64.8 Å². The van der Waals surface area contributed by atoms with E-state index in [1.165, 1.54) is 0 Å². The highest BCUT2D eigenvalue weighted by Gasteiger charge is 2.40. The molecule has 0 radical (unpaired) electrons. The molecule has 124 valence electrons. The molecular formula is C14H29N3O3S. The Labute approximate surface area is 129 Å². The van der Waals surface area contributed by atoms with E-state index in [0.717, 1.165) is 19.4 Å². The van der Waals surface area contributed by atoms with Crippen LogP contribution in [0.3, 0.4) is 0 Å². The first-order valence-electron chi connectivity index (χ1n) is 8.04. The van der Waals surface area contributed by atoms with E-state index >= 15 is 0 Å². The Morgan fingerprint density at radius 2 is 1.71 bits per heavy atom. The fraction of sp³-hybridized carbons (Fsp3) is 1.00. The third kappa shape index (κ3) is 3.76. The number of hydrogen-bond donors (Lipinski definition) is 1. The zero-order chi connectivity index (χ0) is 15.6. The molecular weight excluding hydrogens is 290 g/mol. The topological polar surface area (TPSA) is 61.9 Å². The van der Waals surface area contributed by atoms with E-state index in [9.17, 15) is 8.42 Å². The Morgan fingerprint density at radius 1 is 1.10 bits per heavy atom. The Morgan fingerprint density at radius 3 is 2.24 bits per heavy atom. The minimum absolute atomic E-state index is 0.0475. The molecule has 21 heavy (non-hydrogen) atoms. The number of nitrogens with one attached hydrogen (secondary N) is 1.